The number of carbonyl (C=O) groups excluding carboxylic acids is 2. The zero-order valence-corrected chi connectivity index (χ0v) is 18.7. The third kappa shape index (κ3) is 5.33. The first-order valence-electron chi connectivity index (χ1n) is 10.1. The first-order chi connectivity index (χ1) is 15.4. The van der Waals surface area contributed by atoms with Crippen molar-refractivity contribution in [1.29, 1.82) is 0 Å². The predicted octanol–water partition coefficient (Wildman–Crippen LogP) is 2.73. The van der Waals surface area contributed by atoms with E-state index < -0.39 is 38.5 Å². The van der Waals surface area contributed by atoms with Crippen LogP contribution in [0.2, 0.25) is 0 Å². The highest BCUT2D eigenvalue weighted by molar-refractivity contribution is 7.89. The molecule has 2 heterocycles. The molecule has 0 saturated carbocycles. The number of hydrogen-bond acceptors (Lipinski definition) is 6. The summed E-state index contributed by atoms with van der Waals surface area (Å²) in [5, 5.41) is 0. The summed E-state index contributed by atoms with van der Waals surface area (Å²) in [6.07, 6.45) is -4.66. The van der Waals surface area contributed by atoms with Crippen molar-refractivity contribution in [2.45, 2.75) is 24.9 Å². The van der Waals surface area contributed by atoms with E-state index in [0.29, 0.717) is 11.8 Å². The summed E-state index contributed by atoms with van der Waals surface area (Å²) in [6, 6.07) is 6.40. The maximum absolute atomic E-state index is 13.0. The van der Waals surface area contributed by atoms with Crippen molar-refractivity contribution >= 4 is 21.9 Å². The fourth-order valence-corrected chi connectivity index (χ4v) is 4.85. The van der Waals surface area contributed by atoms with E-state index in [4.69, 9.17) is 4.74 Å². The van der Waals surface area contributed by atoms with E-state index in [0.717, 1.165) is 22.5 Å². The predicted molar refractivity (Wildman–Crippen MR) is 111 cm³/mol. The average Bonchev–Trinajstić information content (AvgIpc) is 2.78. The van der Waals surface area contributed by atoms with Crippen LogP contribution in [0.5, 0.6) is 0 Å². The van der Waals surface area contributed by atoms with Gasteiger partial charge in [-0.2, -0.15) is 17.5 Å². The minimum absolute atomic E-state index is 0.0391. The SMILES string of the molecule is CCOC(=O)c1ccc(C(=O)N2CCN(S(=O)(=O)c3cccc(C(F)(F)F)c3)CC2)nc1C. The van der Waals surface area contributed by atoms with Crippen molar-refractivity contribution in [3.63, 3.8) is 0 Å². The lowest BCUT2D eigenvalue weighted by Gasteiger charge is -2.34. The topological polar surface area (TPSA) is 96.9 Å². The van der Waals surface area contributed by atoms with Crippen LogP contribution in [0, 0.1) is 6.92 Å². The zero-order valence-electron chi connectivity index (χ0n) is 17.9. The van der Waals surface area contributed by atoms with Crippen molar-refractivity contribution in [2.75, 3.05) is 32.8 Å². The molecule has 0 spiro atoms. The van der Waals surface area contributed by atoms with Gasteiger partial charge in [0.15, 0.2) is 0 Å². The lowest BCUT2D eigenvalue weighted by Crippen LogP contribution is -2.50. The summed E-state index contributed by atoms with van der Waals surface area (Å²) >= 11 is 0. The molecule has 1 aliphatic heterocycles. The van der Waals surface area contributed by atoms with Gasteiger partial charge in [0, 0.05) is 26.2 Å². The Morgan fingerprint density at radius 2 is 1.76 bits per heavy atom. The van der Waals surface area contributed by atoms with Crippen LogP contribution in [0.25, 0.3) is 0 Å². The molecule has 0 unspecified atom stereocenters. The molecule has 1 fully saturated rings. The van der Waals surface area contributed by atoms with Crippen molar-refractivity contribution in [2.24, 2.45) is 0 Å². The van der Waals surface area contributed by atoms with Crippen molar-refractivity contribution in [3.05, 3.63) is 58.9 Å². The number of carbonyl (C=O) groups is 2. The molecule has 1 aromatic heterocycles. The van der Waals surface area contributed by atoms with Gasteiger partial charge in [-0.05, 0) is 44.2 Å². The average molecular weight is 485 g/mol. The van der Waals surface area contributed by atoms with E-state index in [2.05, 4.69) is 4.98 Å². The number of benzene rings is 1. The van der Waals surface area contributed by atoms with Crippen LogP contribution in [0.3, 0.4) is 0 Å². The monoisotopic (exact) mass is 485 g/mol. The molecule has 0 radical (unpaired) electrons. The number of halogens is 3. The van der Waals surface area contributed by atoms with Gasteiger partial charge in [0.1, 0.15) is 5.69 Å². The maximum atomic E-state index is 13.0. The zero-order chi connectivity index (χ0) is 24.4. The van der Waals surface area contributed by atoms with Gasteiger partial charge in [0.25, 0.3) is 5.91 Å². The number of sulfonamides is 1. The molecule has 1 aromatic carbocycles. The summed E-state index contributed by atoms with van der Waals surface area (Å²) in [7, 11) is -4.16. The van der Waals surface area contributed by atoms with Gasteiger partial charge in [0.2, 0.25) is 10.0 Å². The van der Waals surface area contributed by atoms with Crippen molar-refractivity contribution < 1.29 is 35.9 Å². The lowest BCUT2D eigenvalue weighted by molar-refractivity contribution is -0.137. The van der Waals surface area contributed by atoms with E-state index in [1.54, 1.807) is 13.8 Å². The molecule has 33 heavy (non-hydrogen) atoms. The smallest absolute Gasteiger partial charge is 0.416 e. The molecule has 8 nitrogen and oxygen atoms in total. The van der Waals surface area contributed by atoms with Crippen molar-refractivity contribution in [3.8, 4) is 0 Å². The Hall–Kier alpha value is -2.99. The highest BCUT2D eigenvalue weighted by Crippen LogP contribution is 2.31. The number of rotatable bonds is 5. The van der Waals surface area contributed by atoms with E-state index >= 15 is 0 Å². The largest absolute Gasteiger partial charge is 0.462 e. The number of aryl methyl sites for hydroxylation is 1. The molecular weight excluding hydrogens is 463 g/mol. The second kappa shape index (κ2) is 9.48. The second-order valence-corrected chi connectivity index (χ2v) is 9.21. The molecule has 12 heteroatoms. The Labute approximate surface area is 189 Å². The Bertz CT molecular complexity index is 1160. The normalized spacial score (nSPS) is 15.4. The molecular formula is C21H22F3N3O5S. The number of esters is 1. The number of piperazine rings is 1. The van der Waals surface area contributed by atoms with Gasteiger partial charge in [-0.25, -0.2) is 18.2 Å². The van der Waals surface area contributed by atoms with E-state index in [-0.39, 0.29) is 44.0 Å². The highest BCUT2D eigenvalue weighted by Gasteiger charge is 2.34. The Kier molecular flexibility index (Phi) is 7.08. The quantitative estimate of drug-likeness (QED) is 0.605. The maximum Gasteiger partial charge on any atom is 0.416 e. The summed E-state index contributed by atoms with van der Waals surface area (Å²) < 4.78 is 70.5. The number of pyridine rings is 1. The molecule has 0 atom stereocenters. The van der Waals surface area contributed by atoms with Crippen LogP contribution in [-0.2, 0) is 20.9 Å². The third-order valence-electron chi connectivity index (χ3n) is 5.13. The van der Waals surface area contributed by atoms with E-state index in [9.17, 15) is 31.2 Å². The van der Waals surface area contributed by atoms with Crippen LogP contribution in [0.15, 0.2) is 41.3 Å². The van der Waals surface area contributed by atoms with Gasteiger partial charge >= 0.3 is 12.1 Å². The number of nitrogens with zero attached hydrogens (tertiary/aromatic N) is 3. The van der Waals surface area contributed by atoms with E-state index in [1.807, 2.05) is 0 Å². The Morgan fingerprint density at radius 3 is 2.33 bits per heavy atom. The Balaban J connectivity index is 1.70. The number of alkyl halides is 3. The molecule has 0 bridgehead atoms. The highest BCUT2D eigenvalue weighted by atomic mass is 32.2. The number of hydrogen-bond donors (Lipinski definition) is 0. The molecule has 0 aliphatic carbocycles. The van der Waals surface area contributed by atoms with Gasteiger partial charge in [-0.15, -0.1) is 0 Å². The third-order valence-corrected chi connectivity index (χ3v) is 7.02. The van der Waals surface area contributed by atoms with Crippen molar-refractivity contribution in [1.82, 2.24) is 14.2 Å². The summed E-state index contributed by atoms with van der Waals surface area (Å²) in [5.74, 6) is -0.987. The summed E-state index contributed by atoms with van der Waals surface area (Å²) in [5.41, 5.74) is -0.393. The van der Waals surface area contributed by atoms with Crippen LogP contribution >= 0.6 is 0 Å². The second-order valence-electron chi connectivity index (χ2n) is 7.27. The standard InChI is InChI=1S/C21H22F3N3O5S/c1-3-32-20(29)17-7-8-18(25-14(17)2)19(28)26-9-11-27(12-10-26)33(30,31)16-6-4-5-15(13-16)21(22,23)24/h4-8,13H,3,9-12H2,1-2H3. The summed E-state index contributed by atoms with van der Waals surface area (Å²) in [6.45, 7) is 3.36. The van der Waals surface area contributed by atoms with Crippen LogP contribution in [-0.4, -0.2) is 67.3 Å². The molecule has 2 aromatic rings. The fraction of sp³-hybridized carbons (Fsp3) is 0.381. The molecule has 3 rings (SSSR count). The molecule has 0 N–H and O–H groups in total. The minimum atomic E-state index is -4.66. The Morgan fingerprint density at radius 1 is 1.09 bits per heavy atom. The van der Waals surface area contributed by atoms with Crippen LogP contribution in [0.1, 0.15) is 39.0 Å². The van der Waals surface area contributed by atoms with Gasteiger partial charge in [-0.3, -0.25) is 4.79 Å². The number of amides is 1. The first-order valence-corrected chi connectivity index (χ1v) is 11.5. The fourth-order valence-electron chi connectivity index (χ4n) is 3.38. The van der Waals surface area contributed by atoms with Crippen LogP contribution < -0.4 is 0 Å². The van der Waals surface area contributed by atoms with Gasteiger partial charge in [-0.1, -0.05) is 6.07 Å². The molecule has 1 saturated heterocycles. The first kappa shape index (κ1) is 24.6. The number of ether oxygens (including phenoxy) is 1. The van der Waals surface area contributed by atoms with E-state index in [1.165, 1.54) is 17.0 Å². The molecule has 1 aliphatic rings. The van der Waals surface area contributed by atoms with Gasteiger partial charge in [0.05, 0.1) is 28.3 Å². The summed E-state index contributed by atoms with van der Waals surface area (Å²) in [4.78, 5) is 29.8. The van der Waals surface area contributed by atoms with Gasteiger partial charge < -0.3 is 9.64 Å². The van der Waals surface area contributed by atoms with Crippen LogP contribution in [0.4, 0.5) is 13.2 Å². The lowest BCUT2D eigenvalue weighted by atomic mass is 10.1. The molecule has 1 amide bonds. The minimum Gasteiger partial charge on any atom is -0.462 e. The number of aromatic nitrogens is 1. The molecule has 178 valence electrons.